The standard InChI is InChI=1S/C8H10N6O/c1-2-5-3-9-13-7(5)11-8(15)6-4-10-14-12-6/h3-4H,2H2,1H3,(H,10,12,14)(H2,9,11,13,15). The van der Waals surface area contributed by atoms with Crippen molar-refractivity contribution >= 4 is 11.7 Å². The van der Waals surface area contributed by atoms with Gasteiger partial charge in [0.15, 0.2) is 5.69 Å². The van der Waals surface area contributed by atoms with E-state index in [1.807, 2.05) is 6.92 Å². The van der Waals surface area contributed by atoms with E-state index in [9.17, 15) is 4.79 Å². The summed E-state index contributed by atoms with van der Waals surface area (Å²) >= 11 is 0. The van der Waals surface area contributed by atoms with Crippen molar-refractivity contribution in [2.45, 2.75) is 13.3 Å². The first-order valence-electron chi connectivity index (χ1n) is 4.50. The monoisotopic (exact) mass is 206 g/mol. The van der Waals surface area contributed by atoms with Gasteiger partial charge >= 0.3 is 0 Å². The highest BCUT2D eigenvalue weighted by atomic mass is 16.2. The van der Waals surface area contributed by atoms with Gasteiger partial charge in [0, 0.05) is 5.56 Å². The third-order valence-corrected chi connectivity index (χ3v) is 1.98. The van der Waals surface area contributed by atoms with E-state index in [-0.39, 0.29) is 11.6 Å². The van der Waals surface area contributed by atoms with Gasteiger partial charge in [0.25, 0.3) is 5.91 Å². The molecule has 0 fully saturated rings. The van der Waals surface area contributed by atoms with Crippen molar-refractivity contribution in [3.8, 4) is 0 Å². The van der Waals surface area contributed by atoms with Crippen LogP contribution in [0.15, 0.2) is 12.4 Å². The highest BCUT2D eigenvalue weighted by molar-refractivity contribution is 6.02. The smallest absolute Gasteiger partial charge is 0.278 e. The Morgan fingerprint density at radius 1 is 1.47 bits per heavy atom. The summed E-state index contributed by atoms with van der Waals surface area (Å²) in [6.45, 7) is 1.98. The lowest BCUT2D eigenvalue weighted by atomic mass is 10.2. The van der Waals surface area contributed by atoms with Crippen LogP contribution in [0.4, 0.5) is 5.82 Å². The number of hydrogen-bond donors (Lipinski definition) is 3. The second-order valence-electron chi connectivity index (χ2n) is 2.93. The van der Waals surface area contributed by atoms with E-state index < -0.39 is 0 Å². The Balaban J connectivity index is 2.13. The lowest BCUT2D eigenvalue weighted by Crippen LogP contribution is -2.13. The first kappa shape index (κ1) is 9.38. The van der Waals surface area contributed by atoms with Crippen molar-refractivity contribution in [1.82, 2.24) is 25.6 Å². The number of carbonyl (C=O) groups is 1. The van der Waals surface area contributed by atoms with Gasteiger partial charge < -0.3 is 5.32 Å². The maximum absolute atomic E-state index is 11.6. The molecule has 7 heteroatoms. The number of aromatic amines is 2. The highest BCUT2D eigenvalue weighted by Crippen LogP contribution is 2.11. The minimum absolute atomic E-state index is 0.242. The Morgan fingerprint density at radius 2 is 2.33 bits per heavy atom. The van der Waals surface area contributed by atoms with Crippen LogP contribution in [0.25, 0.3) is 0 Å². The zero-order valence-corrected chi connectivity index (χ0v) is 8.11. The fourth-order valence-corrected chi connectivity index (χ4v) is 1.18. The summed E-state index contributed by atoms with van der Waals surface area (Å²) in [5, 5.41) is 18.8. The number of aromatic nitrogens is 5. The second kappa shape index (κ2) is 3.91. The molecular weight excluding hydrogens is 196 g/mol. The zero-order valence-electron chi connectivity index (χ0n) is 8.11. The number of aryl methyl sites for hydroxylation is 1. The predicted molar refractivity (Wildman–Crippen MR) is 52.3 cm³/mol. The highest BCUT2D eigenvalue weighted by Gasteiger charge is 2.11. The van der Waals surface area contributed by atoms with E-state index in [0.717, 1.165) is 12.0 Å². The normalized spacial score (nSPS) is 10.2. The van der Waals surface area contributed by atoms with Crippen LogP contribution in [0.3, 0.4) is 0 Å². The molecule has 0 aliphatic heterocycles. The number of hydrogen-bond acceptors (Lipinski definition) is 4. The quantitative estimate of drug-likeness (QED) is 0.674. The molecule has 0 atom stereocenters. The Bertz CT molecular complexity index is 445. The minimum Gasteiger partial charge on any atom is -0.305 e. The summed E-state index contributed by atoms with van der Waals surface area (Å²) in [7, 11) is 0. The fraction of sp³-hybridized carbons (Fsp3) is 0.250. The summed E-state index contributed by atoms with van der Waals surface area (Å²) in [4.78, 5) is 11.6. The van der Waals surface area contributed by atoms with E-state index in [1.165, 1.54) is 6.20 Å². The van der Waals surface area contributed by atoms with Crippen molar-refractivity contribution in [2.24, 2.45) is 0 Å². The van der Waals surface area contributed by atoms with Gasteiger partial charge in [0.2, 0.25) is 0 Å². The number of anilines is 1. The molecule has 7 nitrogen and oxygen atoms in total. The number of nitrogens with one attached hydrogen (secondary N) is 3. The molecule has 2 aromatic rings. The Kier molecular flexibility index (Phi) is 2.44. The first-order chi connectivity index (χ1) is 7.31. The molecule has 0 unspecified atom stereocenters. The summed E-state index contributed by atoms with van der Waals surface area (Å²) in [5.74, 6) is 0.285. The average molecular weight is 206 g/mol. The van der Waals surface area contributed by atoms with Crippen LogP contribution in [0.1, 0.15) is 23.0 Å². The van der Waals surface area contributed by atoms with Gasteiger partial charge in [0.1, 0.15) is 5.82 Å². The molecule has 0 saturated carbocycles. The van der Waals surface area contributed by atoms with Gasteiger partial charge in [0.05, 0.1) is 12.4 Å². The molecule has 0 aromatic carbocycles. The van der Waals surface area contributed by atoms with E-state index >= 15 is 0 Å². The second-order valence-corrected chi connectivity index (χ2v) is 2.93. The fourth-order valence-electron chi connectivity index (χ4n) is 1.18. The van der Waals surface area contributed by atoms with E-state index in [0.29, 0.717) is 5.82 Å². The molecule has 0 aliphatic carbocycles. The summed E-state index contributed by atoms with van der Waals surface area (Å²) in [6.07, 6.45) is 3.83. The van der Waals surface area contributed by atoms with Crippen molar-refractivity contribution < 1.29 is 4.79 Å². The van der Waals surface area contributed by atoms with Crippen molar-refractivity contribution in [1.29, 1.82) is 0 Å². The zero-order chi connectivity index (χ0) is 10.7. The Labute approximate surface area is 85.3 Å². The topological polar surface area (TPSA) is 99.4 Å². The van der Waals surface area contributed by atoms with Crippen LogP contribution < -0.4 is 5.32 Å². The number of amides is 1. The predicted octanol–water partition coefficient (Wildman–Crippen LogP) is 0.342. The lowest BCUT2D eigenvalue weighted by Gasteiger charge is -2.01. The molecule has 0 aliphatic rings. The molecule has 0 radical (unpaired) electrons. The van der Waals surface area contributed by atoms with Crippen LogP contribution in [0.5, 0.6) is 0 Å². The molecule has 0 spiro atoms. The van der Waals surface area contributed by atoms with Crippen molar-refractivity contribution in [2.75, 3.05) is 5.32 Å². The summed E-state index contributed by atoms with van der Waals surface area (Å²) in [5.41, 5.74) is 1.19. The molecular formula is C8H10N6O. The van der Waals surface area contributed by atoms with E-state index in [1.54, 1.807) is 6.20 Å². The lowest BCUT2D eigenvalue weighted by molar-refractivity contribution is 0.102. The summed E-state index contributed by atoms with van der Waals surface area (Å²) < 4.78 is 0. The molecule has 1 amide bonds. The van der Waals surface area contributed by atoms with Crippen LogP contribution >= 0.6 is 0 Å². The Morgan fingerprint density at radius 3 is 3.00 bits per heavy atom. The Hall–Kier alpha value is -2.18. The molecule has 15 heavy (non-hydrogen) atoms. The number of H-pyrrole nitrogens is 2. The SMILES string of the molecule is CCc1cn[nH]c1NC(=O)c1cn[nH]n1. The van der Waals surface area contributed by atoms with Gasteiger partial charge in [-0.15, -0.1) is 0 Å². The van der Waals surface area contributed by atoms with Crippen LogP contribution in [0.2, 0.25) is 0 Å². The maximum atomic E-state index is 11.6. The van der Waals surface area contributed by atoms with Gasteiger partial charge in [-0.2, -0.15) is 20.5 Å². The van der Waals surface area contributed by atoms with Crippen LogP contribution in [-0.4, -0.2) is 31.5 Å². The van der Waals surface area contributed by atoms with Crippen LogP contribution in [0, 0.1) is 0 Å². The molecule has 2 rings (SSSR count). The van der Waals surface area contributed by atoms with Gasteiger partial charge in [-0.1, -0.05) is 6.92 Å². The molecule has 0 bridgehead atoms. The molecule has 3 N–H and O–H groups in total. The average Bonchev–Trinajstić information content (AvgIpc) is 2.87. The molecule has 0 saturated heterocycles. The van der Waals surface area contributed by atoms with E-state index in [4.69, 9.17) is 0 Å². The van der Waals surface area contributed by atoms with Gasteiger partial charge in [-0.05, 0) is 6.42 Å². The number of rotatable bonds is 3. The molecule has 78 valence electrons. The third-order valence-electron chi connectivity index (χ3n) is 1.98. The maximum Gasteiger partial charge on any atom is 0.278 e. The summed E-state index contributed by atoms with van der Waals surface area (Å²) in [6, 6.07) is 0. The third kappa shape index (κ3) is 1.85. The van der Waals surface area contributed by atoms with Crippen molar-refractivity contribution in [3.63, 3.8) is 0 Å². The largest absolute Gasteiger partial charge is 0.305 e. The first-order valence-corrected chi connectivity index (χ1v) is 4.50. The van der Waals surface area contributed by atoms with E-state index in [2.05, 4.69) is 30.9 Å². The van der Waals surface area contributed by atoms with Gasteiger partial charge in [-0.3, -0.25) is 9.89 Å². The number of nitrogens with zero attached hydrogens (tertiary/aromatic N) is 3. The molecule has 2 aromatic heterocycles. The minimum atomic E-state index is -0.317. The van der Waals surface area contributed by atoms with Gasteiger partial charge in [-0.25, -0.2) is 0 Å². The molecule has 2 heterocycles. The number of carbonyl (C=O) groups excluding carboxylic acids is 1. The van der Waals surface area contributed by atoms with Crippen molar-refractivity contribution in [3.05, 3.63) is 23.7 Å². The van der Waals surface area contributed by atoms with Crippen LogP contribution in [-0.2, 0) is 6.42 Å².